The Kier molecular flexibility index (Phi) is 6.47. The molecule has 37 heavy (non-hydrogen) atoms. The lowest BCUT2D eigenvalue weighted by Crippen LogP contribution is -2.29. The fourth-order valence-electron chi connectivity index (χ4n) is 4.63. The highest BCUT2D eigenvalue weighted by Crippen LogP contribution is 2.32. The zero-order valence-corrected chi connectivity index (χ0v) is 20.2. The summed E-state index contributed by atoms with van der Waals surface area (Å²) in [6, 6.07) is 25.4. The average molecular weight is 495 g/mol. The highest BCUT2D eigenvalue weighted by molar-refractivity contribution is 6.16. The molecule has 4 aromatic rings. The molecule has 1 aromatic heterocycles. The summed E-state index contributed by atoms with van der Waals surface area (Å²) in [7, 11) is 0. The fraction of sp³-hybridized carbons (Fsp3) is 0.241. The number of hydrogen-bond donors (Lipinski definition) is 1. The van der Waals surface area contributed by atoms with Crippen molar-refractivity contribution < 1.29 is 18.7 Å². The third-order valence-electron chi connectivity index (χ3n) is 6.51. The van der Waals surface area contributed by atoms with Gasteiger partial charge >= 0.3 is 6.01 Å². The van der Waals surface area contributed by atoms with E-state index >= 15 is 0 Å². The number of fused-ring (bicyclic) bond motifs is 1. The number of nitrogens with zero attached hydrogens (tertiary/aromatic N) is 3. The number of ether oxygens (including phenoxy) is 2. The van der Waals surface area contributed by atoms with Crippen molar-refractivity contribution in [1.29, 1.82) is 0 Å². The Hall–Kier alpha value is -4.30. The first-order valence-electron chi connectivity index (χ1n) is 12.4. The Labute approximate surface area is 214 Å². The van der Waals surface area contributed by atoms with Gasteiger partial charge < -0.3 is 19.2 Å². The maximum absolute atomic E-state index is 13.2. The summed E-state index contributed by atoms with van der Waals surface area (Å²) in [5, 5.41) is 11.5. The highest BCUT2D eigenvalue weighted by atomic mass is 16.5. The van der Waals surface area contributed by atoms with Crippen LogP contribution in [-0.4, -0.2) is 47.2 Å². The molecule has 1 saturated heterocycles. The molecule has 6 rings (SSSR count). The lowest BCUT2D eigenvalue weighted by Gasteiger charge is -2.24. The zero-order valence-electron chi connectivity index (χ0n) is 20.2. The molecule has 0 radical (unpaired) electrons. The smallest absolute Gasteiger partial charge is 0.317 e. The number of benzene rings is 3. The van der Waals surface area contributed by atoms with Crippen molar-refractivity contribution in [3.8, 4) is 17.2 Å². The van der Waals surface area contributed by atoms with E-state index in [-0.39, 0.29) is 24.3 Å². The molecule has 1 fully saturated rings. The van der Waals surface area contributed by atoms with E-state index in [1.165, 1.54) is 0 Å². The molecule has 8 heteroatoms. The van der Waals surface area contributed by atoms with Crippen LogP contribution in [0.1, 0.15) is 29.5 Å². The third-order valence-corrected chi connectivity index (χ3v) is 6.51. The van der Waals surface area contributed by atoms with Crippen LogP contribution in [0.15, 0.2) is 88.3 Å². The Balaban J connectivity index is 1.28. The summed E-state index contributed by atoms with van der Waals surface area (Å²) in [6.07, 6.45) is 1.12. The summed E-state index contributed by atoms with van der Waals surface area (Å²) in [4.78, 5) is 18.1. The van der Waals surface area contributed by atoms with Crippen molar-refractivity contribution in [1.82, 2.24) is 10.2 Å². The van der Waals surface area contributed by atoms with Gasteiger partial charge in [-0.15, -0.1) is 5.10 Å². The lowest BCUT2D eigenvalue weighted by molar-refractivity contribution is -0.119. The summed E-state index contributed by atoms with van der Waals surface area (Å²) < 4.78 is 17.6. The predicted molar refractivity (Wildman–Crippen MR) is 139 cm³/mol. The van der Waals surface area contributed by atoms with Crippen molar-refractivity contribution in [2.24, 2.45) is 4.99 Å². The zero-order chi connectivity index (χ0) is 25.0. The first kappa shape index (κ1) is 23.1. The second kappa shape index (κ2) is 10.4. The Bertz CT molecular complexity index is 1430. The minimum absolute atomic E-state index is 0.0754. The molecule has 0 spiro atoms. The molecule has 1 unspecified atom stereocenters. The number of nitrogens with one attached hydrogen (secondary N) is 1. The summed E-state index contributed by atoms with van der Waals surface area (Å²) in [6.45, 7) is 1.37. The standard InChI is InChI=1S/C29H26N4O4/c34-24-18-20-10-4-5-11-22(20)26(19-8-2-1-3-9-19)30-27(24)31-29-33-32-28(37-29)23-12-6-7-13-25(23)36-21-14-16-35-17-15-21/h1-13,21,27H,14-18H2,(H,31,33). The number of aromatic nitrogens is 2. The molecule has 0 saturated carbocycles. The number of carbonyl (C=O) groups excluding carboxylic acids is 1. The van der Waals surface area contributed by atoms with Crippen LogP contribution >= 0.6 is 0 Å². The maximum atomic E-state index is 13.2. The number of rotatable bonds is 6. The maximum Gasteiger partial charge on any atom is 0.317 e. The van der Waals surface area contributed by atoms with Crippen LogP contribution in [-0.2, 0) is 16.0 Å². The van der Waals surface area contributed by atoms with Gasteiger partial charge in [-0.05, 0) is 17.7 Å². The van der Waals surface area contributed by atoms with Gasteiger partial charge in [0.1, 0.15) is 11.9 Å². The fourth-order valence-corrected chi connectivity index (χ4v) is 4.63. The van der Waals surface area contributed by atoms with Gasteiger partial charge in [-0.25, -0.2) is 0 Å². The highest BCUT2D eigenvalue weighted by Gasteiger charge is 2.27. The van der Waals surface area contributed by atoms with Crippen LogP contribution in [0.5, 0.6) is 5.75 Å². The van der Waals surface area contributed by atoms with Crippen LogP contribution in [0.3, 0.4) is 0 Å². The van der Waals surface area contributed by atoms with E-state index in [0.717, 1.165) is 35.2 Å². The number of Topliss-reactive ketones (excluding diaryl/α,β-unsaturated/α-hetero) is 1. The molecule has 1 N–H and O–H groups in total. The number of hydrogen-bond acceptors (Lipinski definition) is 8. The average Bonchev–Trinajstić information content (AvgIpc) is 3.35. The normalized spacial score (nSPS) is 18.0. The van der Waals surface area contributed by atoms with E-state index in [9.17, 15) is 4.79 Å². The van der Waals surface area contributed by atoms with Gasteiger partial charge in [0, 0.05) is 30.4 Å². The molecule has 186 valence electrons. The van der Waals surface area contributed by atoms with Crippen LogP contribution in [0.2, 0.25) is 0 Å². The quantitative estimate of drug-likeness (QED) is 0.415. The van der Waals surface area contributed by atoms with Crippen LogP contribution in [0.4, 0.5) is 6.01 Å². The van der Waals surface area contributed by atoms with E-state index in [4.69, 9.17) is 18.9 Å². The predicted octanol–water partition coefficient (Wildman–Crippen LogP) is 4.70. The van der Waals surface area contributed by atoms with Gasteiger partial charge in [0.2, 0.25) is 0 Å². The molecule has 2 aliphatic rings. The van der Waals surface area contributed by atoms with Crippen LogP contribution in [0, 0.1) is 0 Å². The van der Waals surface area contributed by atoms with E-state index < -0.39 is 6.17 Å². The molecular weight excluding hydrogens is 468 g/mol. The molecule has 0 aliphatic carbocycles. The van der Waals surface area contributed by atoms with Gasteiger partial charge in [0.25, 0.3) is 5.89 Å². The summed E-state index contributed by atoms with van der Waals surface area (Å²) in [5.74, 6) is 0.901. The second-order valence-corrected chi connectivity index (χ2v) is 9.03. The van der Waals surface area contributed by atoms with Crippen molar-refractivity contribution in [2.75, 3.05) is 18.5 Å². The molecule has 3 heterocycles. The molecule has 2 aliphatic heterocycles. The lowest BCUT2D eigenvalue weighted by atomic mass is 9.96. The van der Waals surface area contributed by atoms with Crippen molar-refractivity contribution in [3.05, 3.63) is 95.6 Å². The molecule has 0 bridgehead atoms. The number of anilines is 1. The Morgan fingerprint density at radius 2 is 1.57 bits per heavy atom. The SMILES string of the molecule is O=C1Cc2ccccc2C(c2ccccc2)=NC1Nc1nnc(-c2ccccc2OC2CCOCC2)o1. The minimum atomic E-state index is -0.871. The largest absolute Gasteiger partial charge is 0.489 e. The van der Waals surface area contributed by atoms with Crippen LogP contribution < -0.4 is 10.1 Å². The first-order valence-corrected chi connectivity index (χ1v) is 12.4. The van der Waals surface area contributed by atoms with E-state index in [1.807, 2.05) is 78.9 Å². The third kappa shape index (κ3) is 5.01. The van der Waals surface area contributed by atoms with Crippen LogP contribution in [0.25, 0.3) is 11.5 Å². The second-order valence-electron chi connectivity index (χ2n) is 9.03. The first-order chi connectivity index (χ1) is 18.2. The van der Waals surface area contributed by atoms with Gasteiger partial charge in [-0.1, -0.05) is 71.8 Å². The molecule has 8 nitrogen and oxygen atoms in total. The molecule has 0 amide bonds. The van der Waals surface area contributed by atoms with Crippen molar-refractivity contribution in [2.45, 2.75) is 31.5 Å². The van der Waals surface area contributed by atoms with E-state index in [0.29, 0.717) is 30.4 Å². The van der Waals surface area contributed by atoms with E-state index in [2.05, 4.69) is 15.5 Å². The Morgan fingerprint density at radius 3 is 2.41 bits per heavy atom. The molecular formula is C29H26N4O4. The molecule has 1 atom stereocenters. The number of ketones is 1. The number of carbonyl (C=O) groups is 1. The summed E-state index contributed by atoms with van der Waals surface area (Å²) in [5.41, 5.74) is 4.25. The van der Waals surface area contributed by atoms with Crippen molar-refractivity contribution >= 4 is 17.5 Å². The number of aliphatic imine (C=N–C) groups is 1. The Morgan fingerprint density at radius 1 is 0.838 bits per heavy atom. The van der Waals surface area contributed by atoms with Crippen molar-refractivity contribution in [3.63, 3.8) is 0 Å². The minimum Gasteiger partial charge on any atom is -0.489 e. The van der Waals surface area contributed by atoms with Gasteiger partial charge in [-0.2, -0.15) is 0 Å². The number of para-hydroxylation sites is 1. The summed E-state index contributed by atoms with van der Waals surface area (Å²) >= 11 is 0. The monoisotopic (exact) mass is 494 g/mol. The van der Waals surface area contributed by atoms with Gasteiger partial charge in [0.05, 0.1) is 24.5 Å². The van der Waals surface area contributed by atoms with Gasteiger partial charge in [-0.3, -0.25) is 9.79 Å². The molecule has 3 aromatic carbocycles. The topological polar surface area (TPSA) is 98.8 Å². The van der Waals surface area contributed by atoms with E-state index in [1.54, 1.807) is 0 Å². The van der Waals surface area contributed by atoms with Gasteiger partial charge in [0.15, 0.2) is 11.9 Å².